The minimum absolute atomic E-state index is 0.104. The number of benzene rings is 2. The van der Waals surface area contributed by atoms with Crippen LogP contribution in [0.2, 0.25) is 10.0 Å². The Hall–Kier alpha value is -1.49. The van der Waals surface area contributed by atoms with Crippen molar-refractivity contribution in [2.75, 3.05) is 0 Å². The fourth-order valence-corrected chi connectivity index (χ4v) is 3.88. The Labute approximate surface area is 156 Å². The van der Waals surface area contributed by atoms with Crippen LogP contribution in [0.1, 0.15) is 25.7 Å². The topological polar surface area (TPSA) is 30.5 Å². The van der Waals surface area contributed by atoms with Crippen molar-refractivity contribution < 1.29 is 13.9 Å². The monoisotopic (exact) mass is 381 g/mol. The second-order valence-electron chi connectivity index (χ2n) is 6.62. The molecule has 0 saturated carbocycles. The largest absolute Gasteiger partial charge is 0.490 e. The quantitative estimate of drug-likeness (QED) is 0.748. The third kappa shape index (κ3) is 3.86. The molecule has 2 atom stereocenters. The van der Waals surface area contributed by atoms with Crippen LogP contribution in [0.4, 0.5) is 4.39 Å². The fourth-order valence-electron chi connectivity index (χ4n) is 3.60. The summed E-state index contributed by atoms with van der Waals surface area (Å²) in [6, 6.07) is 10.5. The Morgan fingerprint density at radius 2 is 1.64 bits per heavy atom. The Kier molecular flexibility index (Phi) is 4.76. The van der Waals surface area contributed by atoms with Gasteiger partial charge in [-0.2, -0.15) is 0 Å². The molecule has 2 unspecified atom stereocenters. The number of hydrogen-bond acceptors (Lipinski definition) is 3. The molecule has 0 amide bonds. The fraction of sp³-hybridized carbons (Fsp3) is 0.368. The SMILES string of the molecule is Fc1ccc(OC2CC3CCC(C2)N3)cc1Oc1ccc(Cl)c(Cl)c1. The van der Waals surface area contributed by atoms with Crippen LogP contribution in [0, 0.1) is 5.82 Å². The summed E-state index contributed by atoms with van der Waals surface area (Å²) in [4.78, 5) is 0. The molecular formula is C19H18Cl2FNO2. The van der Waals surface area contributed by atoms with E-state index in [-0.39, 0.29) is 11.9 Å². The number of ether oxygens (including phenoxy) is 2. The molecule has 2 heterocycles. The summed E-state index contributed by atoms with van der Waals surface area (Å²) in [7, 11) is 0. The van der Waals surface area contributed by atoms with E-state index in [2.05, 4.69) is 5.32 Å². The molecule has 3 nitrogen and oxygen atoms in total. The average molecular weight is 382 g/mol. The second kappa shape index (κ2) is 7.02. The van der Waals surface area contributed by atoms with E-state index >= 15 is 0 Å². The molecule has 6 heteroatoms. The number of rotatable bonds is 4. The van der Waals surface area contributed by atoms with Crippen LogP contribution in [0.3, 0.4) is 0 Å². The predicted octanol–water partition coefficient (Wildman–Crippen LogP) is 5.59. The van der Waals surface area contributed by atoms with Gasteiger partial charge in [-0.1, -0.05) is 23.2 Å². The summed E-state index contributed by atoms with van der Waals surface area (Å²) in [6.07, 6.45) is 4.54. The maximum absolute atomic E-state index is 14.1. The van der Waals surface area contributed by atoms with Crippen LogP contribution in [-0.4, -0.2) is 18.2 Å². The van der Waals surface area contributed by atoms with E-state index in [0.29, 0.717) is 33.6 Å². The van der Waals surface area contributed by atoms with Crippen LogP contribution in [0.25, 0.3) is 0 Å². The van der Waals surface area contributed by atoms with E-state index in [1.165, 1.54) is 18.9 Å². The number of fused-ring (bicyclic) bond motifs is 2. The van der Waals surface area contributed by atoms with Gasteiger partial charge in [0.05, 0.1) is 10.0 Å². The van der Waals surface area contributed by atoms with E-state index in [1.807, 2.05) is 0 Å². The van der Waals surface area contributed by atoms with E-state index < -0.39 is 5.82 Å². The molecule has 2 aromatic rings. The van der Waals surface area contributed by atoms with Gasteiger partial charge in [-0.3, -0.25) is 0 Å². The summed E-state index contributed by atoms with van der Waals surface area (Å²) >= 11 is 11.9. The molecule has 0 aliphatic carbocycles. The summed E-state index contributed by atoms with van der Waals surface area (Å²) < 4.78 is 25.8. The molecule has 1 N–H and O–H groups in total. The highest BCUT2D eigenvalue weighted by Crippen LogP contribution is 2.34. The maximum Gasteiger partial charge on any atom is 0.166 e. The van der Waals surface area contributed by atoms with Crippen molar-refractivity contribution in [2.24, 2.45) is 0 Å². The third-order valence-corrected chi connectivity index (χ3v) is 5.49. The lowest BCUT2D eigenvalue weighted by Gasteiger charge is -2.29. The molecule has 132 valence electrons. The van der Waals surface area contributed by atoms with Gasteiger partial charge in [0.25, 0.3) is 0 Å². The second-order valence-corrected chi connectivity index (χ2v) is 7.43. The predicted molar refractivity (Wildman–Crippen MR) is 96.5 cm³/mol. The average Bonchev–Trinajstić information content (AvgIpc) is 2.93. The van der Waals surface area contributed by atoms with Crippen molar-refractivity contribution in [1.82, 2.24) is 5.32 Å². The standard InChI is InChI=1S/C19H18Cl2FNO2/c20-16-5-3-13(9-17(16)21)25-19-10-14(4-6-18(19)22)24-15-7-11-1-2-12(8-15)23-11/h3-6,9-12,15,23H,1-2,7-8H2. The molecule has 0 radical (unpaired) electrons. The van der Waals surface area contributed by atoms with E-state index in [0.717, 1.165) is 12.8 Å². The van der Waals surface area contributed by atoms with Crippen molar-refractivity contribution in [3.8, 4) is 17.2 Å². The number of piperidine rings is 1. The van der Waals surface area contributed by atoms with Gasteiger partial charge in [-0.05, 0) is 49.9 Å². The number of hydrogen-bond donors (Lipinski definition) is 1. The van der Waals surface area contributed by atoms with Crippen molar-refractivity contribution >= 4 is 23.2 Å². The Morgan fingerprint density at radius 3 is 2.36 bits per heavy atom. The zero-order valence-electron chi connectivity index (χ0n) is 13.5. The van der Waals surface area contributed by atoms with Crippen molar-refractivity contribution in [2.45, 2.75) is 43.9 Å². The lowest BCUT2D eigenvalue weighted by atomic mass is 10.0. The van der Waals surface area contributed by atoms with E-state index in [4.69, 9.17) is 32.7 Å². The highest BCUT2D eigenvalue weighted by molar-refractivity contribution is 6.42. The van der Waals surface area contributed by atoms with E-state index in [9.17, 15) is 4.39 Å². The van der Waals surface area contributed by atoms with Crippen molar-refractivity contribution in [3.63, 3.8) is 0 Å². The minimum Gasteiger partial charge on any atom is -0.490 e. The Balaban J connectivity index is 1.49. The minimum atomic E-state index is -0.455. The molecule has 0 spiro atoms. The third-order valence-electron chi connectivity index (χ3n) is 4.75. The van der Waals surface area contributed by atoms with Gasteiger partial charge in [0.1, 0.15) is 17.6 Å². The molecular weight excluding hydrogens is 364 g/mol. The zero-order valence-corrected chi connectivity index (χ0v) is 15.0. The van der Waals surface area contributed by atoms with Gasteiger partial charge in [0, 0.05) is 24.2 Å². The first kappa shape index (κ1) is 17.0. The Morgan fingerprint density at radius 1 is 0.920 bits per heavy atom. The summed E-state index contributed by atoms with van der Waals surface area (Å²) in [5, 5.41) is 4.36. The van der Waals surface area contributed by atoms with Crippen molar-refractivity contribution in [3.05, 3.63) is 52.3 Å². The molecule has 2 aliphatic heterocycles. The van der Waals surface area contributed by atoms with Gasteiger partial charge in [0.15, 0.2) is 11.6 Å². The van der Waals surface area contributed by atoms with Gasteiger partial charge >= 0.3 is 0 Å². The highest BCUT2D eigenvalue weighted by Gasteiger charge is 2.34. The first-order chi connectivity index (χ1) is 12.1. The van der Waals surface area contributed by atoms with Gasteiger partial charge in [-0.15, -0.1) is 0 Å². The van der Waals surface area contributed by atoms with Gasteiger partial charge in [0.2, 0.25) is 0 Å². The first-order valence-corrected chi connectivity index (χ1v) is 9.17. The molecule has 2 aliphatic rings. The number of halogens is 3. The first-order valence-electron chi connectivity index (χ1n) is 8.42. The lowest BCUT2D eigenvalue weighted by molar-refractivity contribution is 0.137. The molecule has 2 fully saturated rings. The normalized spacial score (nSPS) is 25.0. The zero-order chi connectivity index (χ0) is 17.4. The lowest BCUT2D eigenvalue weighted by Crippen LogP contribution is -2.42. The van der Waals surface area contributed by atoms with Crippen LogP contribution < -0.4 is 14.8 Å². The number of nitrogens with one attached hydrogen (secondary N) is 1. The van der Waals surface area contributed by atoms with Crippen LogP contribution in [-0.2, 0) is 0 Å². The molecule has 2 bridgehead atoms. The van der Waals surface area contributed by atoms with Crippen LogP contribution in [0.5, 0.6) is 17.2 Å². The van der Waals surface area contributed by atoms with Gasteiger partial charge in [-0.25, -0.2) is 4.39 Å². The highest BCUT2D eigenvalue weighted by atomic mass is 35.5. The Bertz CT molecular complexity index is 774. The summed E-state index contributed by atoms with van der Waals surface area (Å²) in [5.74, 6) is 0.685. The maximum atomic E-state index is 14.1. The molecule has 25 heavy (non-hydrogen) atoms. The smallest absolute Gasteiger partial charge is 0.166 e. The summed E-state index contributed by atoms with van der Waals surface area (Å²) in [6.45, 7) is 0. The van der Waals surface area contributed by atoms with Gasteiger partial charge < -0.3 is 14.8 Å². The molecule has 2 aromatic carbocycles. The molecule has 4 rings (SSSR count). The molecule has 2 saturated heterocycles. The van der Waals surface area contributed by atoms with Crippen LogP contribution >= 0.6 is 23.2 Å². The summed E-state index contributed by atoms with van der Waals surface area (Å²) in [5.41, 5.74) is 0. The van der Waals surface area contributed by atoms with Crippen molar-refractivity contribution in [1.29, 1.82) is 0 Å². The van der Waals surface area contributed by atoms with E-state index in [1.54, 1.807) is 30.3 Å². The molecule has 0 aromatic heterocycles. The van der Waals surface area contributed by atoms with Crippen LogP contribution in [0.15, 0.2) is 36.4 Å².